The molecule has 0 heterocycles. The van der Waals surface area contributed by atoms with Crippen LogP contribution in [-0.2, 0) is 9.59 Å². The summed E-state index contributed by atoms with van der Waals surface area (Å²) in [5, 5.41) is 8.46. The van der Waals surface area contributed by atoms with Crippen LogP contribution in [0.15, 0.2) is 30.3 Å². The summed E-state index contributed by atoms with van der Waals surface area (Å²) in [6, 6.07) is 8.95. The number of aliphatic carboxylic acids is 1. The Morgan fingerprint density at radius 1 is 1.36 bits per heavy atom. The molecule has 0 spiro atoms. The van der Waals surface area contributed by atoms with Gasteiger partial charge in [-0.15, -0.1) is 0 Å². The van der Waals surface area contributed by atoms with Gasteiger partial charge in [-0.1, -0.05) is 18.2 Å². The topological polar surface area (TPSA) is 57.6 Å². The van der Waals surface area contributed by atoms with E-state index in [-0.39, 0.29) is 13.0 Å². The zero-order chi connectivity index (χ0) is 10.4. The Morgan fingerprint density at radius 3 is 2.50 bits per heavy atom. The molecule has 0 aromatic heterocycles. The molecule has 0 aliphatic carbocycles. The summed E-state index contributed by atoms with van der Waals surface area (Å²) < 4.78 is 0. The summed E-state index contributed by atoms with van der Waals surface area (Å²) >= 11 is 0. The van der Waals surface area contributed by atoms with E-state index in [2.05, 4.69) is 0 Å². The van der Waals surface area contributed by atoms with E-state index in [1.54, 1.807) is 24.3 Å². The summed E-state index contributed by atoms with van der Waals surface area (Å²) in [4.78, 5) is 22.3. The molecule has 0 atom stereocenters. The van der Waals surface area contributed by atoms with Gasteiger partial charge in [0.1, 0.15) is 0 Å². The minimum atomic E-state index is -0.909. The third-order valence-corrected chi connectivity index (χ3v) is 1.78. The number of para-hydroxylation sites is 1. The molecular weight excluding hydrogens is 182 g/mol. The van der Waals surface area contributed by atoms with Crippen LogP contribution < -0.4 is 4.90 Å². The third-order valence-electron chi connectivity index (χ3n) is 1.78. The van der Waals surface area contributed by atoms with Crippen LogP contribution in [0.4, 0.5) is 5.69 Å². The van der Waals surface area contributed by atoms with E-state index >= 15 is 0 Å². The van der Waals surface area contributed by atoms with Crippen LogP contribution in [-0.4, -0.2) is 24.0 Å². The van der Waals surface area contributed by atoms with Gasteiger partial charge in [0, 0.05) is 12.2 Å². The van der Waals surface area contributed by atoms with Crippen molar-refractivity contribution in [1.82, 2.24) is 0 Å². The second-order valence-corrected chi connectivity index (χ2v) is 2.78. The molecular formula is C10H11NO3. The van der Waals surface area contributed by atoms with E-state index in [1.165, 1.54) is 4.90 Å². The third kappa shape index (κ3) is 2.90. The molecule has 1 aromatic carbocycles. The van der Waals surface area contributed by atoms with Crippen molar-refractivity contribution in [2.45, 2.75) is 6.42 Å². The van der Waals surface area contributed by atoms with Crippen molar-refractivity contribution in [3.8, 4) is 0 Å². The molecule has 0 saturated heterocycles. The molecule has 14 heavy (non-hydrogen) atoms. The molecule has 0 unspecified atom stereocenters. The number of carboxylic acid groups (broad SMARTS) is 1. The first kappa shape index (κ1) is 10.2. The minimum Gasteiger partial charge on any atom is -0.481 e. The quantitative estimate of drug-likeness (QED) is 0.713. The number of amides is 1. The number of anilines is 1. The Balaban J connectivity index is 2.63. The zero-order valence-corrected chi connectivity index (χ0v) is 7.59. The van der Waals surface area contributed by atoms with Gasteiger partial charge in [0.2, 0.25) is 6.41 Å². The lowest BCUT2D eigenvalue weighted by Crippen LogP contribution is -2.24. The normalized spacial score (nSPS) is 9.43. The van der Waals surface area contributed by atoms with Gasteiger partial charge < -0.3 is 10.0 Å². The molecule has 0 saturated carbocycles. The first-order valence-electron chi connectivity index (χ1n) is 4.23. The first-order valence-corrected chi connectivity index (χ1v) is 4.23. The maximum absolute atomic E-state index is 10.7. The summed E-state index contributed by atoms with van der Waals surface area (Å²) in [7, 11) is 0. The van der Waals surface area contributed by atoms with Crippen LogP contribution in [0.3, 0.4) is 0 Å². The fourth-order valence-electron chi connectivity index (χ4n) is 1.08. The Bertz CT molecular complexity index is 310. The predicted octanol–water partition coefficient (Wildman–Crippen LogP) is 1.12. The Morgan fingerprint density at radius 2 is 2.00 bits per heavy atom. The molecule has 74 valence electrons. The largest absolute Gasteiger partial charge is 0.481 e. The lowest BCUT2D eigenvalue weighted by molar-refractivity contribution is -0.136. The molecule has 0 bridgehead atoms. The van der Waals surface area contributed by atoms with Gasteiger partial charge in [0.05, 0.1) is 6.42 Å². The van der Waals surface area contributed by atoms with Gasteiger partial charge in [-0.2, -0.15) is 0 Å². The number of carbonyl (C=O) groups excluding carboxylic acids is 1. The van der Waals surface area contributed by atoms with Crippen molar-refractivity contribution in [3.63, 3.8) is 0 Å². The number of carboxylic acids is 1. The second kappa shape index (κ2) is 5.01. The monoisotopic (exact) mass is 193 g/mol. The van der Waals surface area contributed by atoms with Crippen LogP contribution in [0.25, 0.3) is 0 Å². The number of hydrogen-bond acceptors (Lipinski definition) is 2. The van der Waals surface area contributed by atoms with Gasteiger partial charge in [-0.25, -0.2) is 0 Å². The second-order valence-electron chi connectivity index (χ2n) is 2.78. The summed E-state index contributed by atoms with van der Waals surface area (Å²) in [6.07, 6.45) is 0.589. The van der Waals surface area contributed by atoms with Gasteiger partial charge >= 0.3 is 5.97 Å². The Kier molecular flexibility index (Phi) is 3.67. The molecule has 1 amide bonds. The van der Waals surface area contributed by atoms with Gasteiger partial charge in [-0.05, 0) is 12.1 Å². The molecule has 4 heteroatoms. The molecule has 1 aromatic rings. The van der Waals surface area contributed by atoms with Crippen LogP contribution in [0.2, 0.25) is 0 Å². The van der Waals surface area contributed by atoms with E-state index in [0.717, 1.165) is 0 Å². The minimum absolute atomic E-state index is 0.0480. The van der Waals surface area contributed by atoms with Crippen molar-refractivity contribution in [1.29, 1.82) is 0 Å². The molecule has 0 radical (unpaired) electrons. The van der Waals surface area contributed by atoms with Crippen LogP contribution >= 0.6 is 0 Å². The lowest BCUT2D eigenvalue weighted by atomic mass is 10.3. The standard InChI is InChI=1S/C10H11NO3/c12-8-11(7-6-10(13)14)9-4-2-1-3-5-9/h1-5,8H,6-7H2,(H,13,14). The molecule has 0 aliphatic heterocycles. The maximum atomic E-state index is 10.7. The Labute approximate surface area is 81.8 Å². The van der Waals surface area contributed by atoms with Crippen molar-refractivity contribution in [3.05, 3.63) is 30.3 Å². The highest BCUT2D eigenvalue weighted by Gasteiger charge is 2.06. The summed E-state index contributed by atoms with van der Waals surface area (Å²) in [6.45, 7) is 0.197. The predicted molar refractivity (Wildman–Crippen MR) is 52.1 cm³/mol. The summed E-state index contributed by atoms with van der Waals surface area (Å²) in [5.41, 5.74) is 0.712. The maximum Gasteiger partial charge on any atom is 0.305 e. The van der Waals surface area contributed by atoms with Crippen LogP contribution in [0, 0.1) is 0 Å². The van der Waals surface area contributed by atoms with Gasteiger partial charge in [0.15, 0.2) is 0 Å². The van der Waals surface area contributed by atoms with E-state index in [0.29, 0.717) is 12.1 Å². The number of nitrogens with zero attached hydrogens (tertiary/aromatic N) is 1. The van der Waals surface area contributed by atoms with Crippen molar-refractivity contribution < 1.29 is 14.7 Å². The molecule has 0 aliphatic rings. The highest BCUT2D eigenvalue weighted by molar-refractivity contribution is 5.76. The Hall–Kier alpha value is -1.84. The fraction of sp³-hybridized carbons (Fsp3) is 0.200. The number of benzene rings is 1. The fourth-order valence-corrected chi connectivity index (χ4v) is 1.08. The first-order chi connectivity index (χ1) is 6.74. The van der Waals surface area contributed by atoms with E-state index in [9.17, 15) is 9.59 Å². The lowest BCUT2D eigenvalue weighted by Gasteiger charge is -2.15. The van der Waals surface area contributed by atoms with Crippen molar-refractivity contribution in [2.24, 2.45) is 0 Å². The number of carbonyl (C=O) groups is 2. The number of rotatable bonds is 5. The van der Waals surface area contributed by atoms with Crippen molar-refractivity contribution in [2.75, 3.05) is 11.4 Å². The smallest absolute Gasteiger partial charge is 0.305 e. The average molecular weight is 193 g/mol. The highest BCUT2D eigenvalue weighted by atomic mass is 16.4. The molecule has 0 fully saturated rings. The molecule has 1 N–H and O–H groups in total. The molecule has 4 nitrogen and oxygen atoms in total. The van der Waals surface area contributed by atoms with E-state index < -0.39 is 5.97 Å². The van der Waals surface area contributed by atoms with Gasteiger partial charge in [0.25, 0.3) is 0 Å². The number of hydrogen-bond donors (Lipinski definition) is 1. The van der Waals surface area contributed by atoms with Crippen LogP contribution in [0.1, 0.15) is 6.42 Å². The SMILES string of the molecule is O=CN(CCC(=O)O)c1ccccc1. The summed E-state index contributed by atoms with van der Waals surface area (Å²) in [5.74, 6) is -0.909. The highest BCUT2D eigenvalue weighted by Crippen LogP contribution is 2.11. The molecule has 1 rings (SSSR count). The average Bonchev–Trinajstić information content (AvgIpc) is 2.20. The van der Waals surface area contributed by atoms with E-state index in [1.807, 2.05) is 6.07 Å². The van der Waals surface area contributed by atoms with Crippen molar-refractivity contribution >= 4 is 18.1 Å². The van der Waals surface area contributed by atoms with E-state index in [4.69, 9.17) is 5.11 Å². The zero-order valence-electron chi connectivity index (χ0n) is 7.59. The van der Waals surface area contributed by atoms with Gasteiger partial charge in [-0.3, -0.25) is 9.59 Å². The van der Waals surface area contributed by atoms with Crippen LogP contribution in [0.5, 0.6) is 0 Å².